The second-order valence-corrected chi connectivity index (χ2v) is 5.23. The molecular weight excluding hydrogens is 220 g/mol. The third-order valence-electron chi connectivity index (χ3n) is 3.30. The molecule has 0 saturated carbocycles. The van der Waals surface area contributed by atoms with Gasteiger partial charge < -0.3 is 4.90 Å². The van der Waals surface area contributed by atoms with Gasteiger partial charge in [0.2, 0.25) is 5.91 Å². The number of thioether (sulfide) groups is 1. The van der Waals surface area contributed by atoms with Crippen LogP contribution in [0.5, 0.6) is 0 Å². The molecule has 1 amide bonds. The molecule has 0 radical (unpaired) electrons. The molecule has 4 heteroatoms. The fourth-order valence-corrected chi connectivity index (χ4v) is 3.13. The number of rotatable bonds is 6. The van der Waals surface area contributed by atoms with E-state index < -0.39 is 0 Å². The number of nitrogens with zero attached hydrogens (tertiary/aromatic N) is 1. The van der Waals surface area contributed by atoms with Gasteiger partial charge in [-0.1, -0.05) is 20.8 Å². The highest BCUT2D eigenvalue weighted by atomic mass is 32.2. The fraction of sp³-hybridized carbons (Fsp3) is 0.917. The molecule has 16 heavy (non-hydrogen) atoms. The molecule has 3 unspecified atom stereocenters. The Labute approximate surface area is 103 Å². The molecule has 1 aliphatic heterocycles. The van der Waals surface area contributed by atoms with E-state index in [-0.39, 0.29) is 12.2 Å². The number of amides is 1. The molecule has 0 aromatic rings. The Bertz CT molecular complexity index is 235. The number of carbonyl (C=O) groups is 1. The maximum Gasteiger partial charge on any atom is 0.241 e. The van der Waals surface area contributed by atoms with E-state index in [1.807, 2.05) is 11.8 Å². The molecule has 1 heterocycles. The smallest absolute Gasteiger partial charge is 0.241 e. The summed E-state index contributed by atoms with van der Waals surface area (Å²) < 4.78 is 0. The highest BCUT2D eigenvalue weighted by Crippen LogP contribution is 2.22. The Balaban J connectivity index is 2.77. The SMILES string of the molecule is CCC1NC(CC)N(C(CC)CSC)C1=O. The van der Waals surface area contributed by atoms with Gasteiger partial charge in [-0.25, -0.2) is 0 Å². The predicted octanol–water partition coefficient (Wildman–Crippen LogP) is 2.07. The third kappa shape index (κ3) is 2.72. The van der Waals surface area contributed by atoms with Crippen molar-refractivity contribution in [3.8, 4) is 0 Å². The van der Waals surface area contributed by atoms with Gasteiger partial charge in [-0.2, -0.15) is 11.8 Å². The number of hydrogen-bond donors (Lipinski definition) is 1. The van der Waals surface area contributed by atoms with Gasteiger partial charge in [-0.05, 0) is 25.5 Å². The summed E-state index contributed by atoms with van der Waals surface area (Å²) in [7, 11) is 0. The first-order valence-corrected chi connectivity index (χ1v) is 7.66. The Morgan fingerprint density at radius 2 is 2.06 bits per heavy atom. The van der Waals surface area contributed by atoms with Crippen molar-refractivity contribution in [1.82, 2.24) is 10.2 Å². The van der Waals surface area contributed by atoms with Gasteiger partial charge in [0.25, 0.3) is 0 Å². The van der Waals surface area contributed by atoms with Crippen molar-refractivity contribution in [3.05, 3.63) is 0 Å². The minimum absolute atomic E-state index is 0.0425. The molecular formula is C12H24N2OS. The molecule has 0 aromatic heterocycles. The van der Waals surface area contributed by atoms with Crippen molar-refractivity contribution in [2.24, 2.45) is 0 Å². The quantitative estimate of drug-likeness (QED) is 0.776. The van der Waals surface area contributed by atoms with Crippen LogP contribution >= 0.6 is 11.8 Å². The minimum Gasteiger partial charge on any atom is -0.322 e. The van der Waals surface area contributed by atoms with Crippen molar-refractivity contribution in [2.45, 2.75) is 58.3 Å². The molecule has 1 N–H and O–H groups in total. The van der Waals surface area contributed by atoms with E-state index in [0.29, 0.717) is 11.9 Å². The average molecular weight is 244 g/mol. The van der Waals surface area contributed by atoms with Crippen molar-refractivity contribution >= 4 is 17.7 Å². The lowest BCUT2D eigenvalue weighted by Crippen LogP contribution is -2.45. The number of nitrogens with one attached hydrogen (secondary N) is 1. The first kappa shape index (κ1) is 13.8. The molecule has 0 spiro atoms. The van der Waals surface area contributed by atoms with Crippen LogP contribution in [0, 0.1) is 0 Å². The minimum atomic E-state index is 0.0425. The molecule has 1 aliphatic rings. The lowest BCUT2D eigenvalue weighted by Gasteiger charge is -2.31. The molecule has 94 valence electrons. The Morgan fingerprint density at radius 1 is 1.38 bits per heavy atom. The molecule has 3 atom stereocenters. The van der Waals surface area contributed by atoms with Gasteiger partial charge >= 0.3 is 0 Å². The highest BCUT2D eigenvalue weighted by Gasteiger charge is 2.39. The highest BCUT2D eigenvalue weighted by molar-refractivity contribution is 7.98. The van der Waals surface area contributed by atoms with Crippen LogP contribution in [0.2, 0.25) is 0 Å². The zero-order valence-corrected chi connectivity index (χ0v) is 11.6. The molecule has 1 saturated heterocycles. The lowest BCUT2D eigenvalue weighted by atomic mass is 10.1. The first-order valence-electron chi connectivity index (χ1n) is 6.26. The Hall–Kier alpha value is -0.220. The van der Waals surface area contributed by atoms with Crippen molar-refractivity contribution in [1.29, 1.82) is 0 Å². The monoisotopic (exact) mass is 244 g/mol. The van der Waals surface area contributed by atoms with Crippen molar-refractivity contribution in [3.63, 3.8) is 0 Å². The van der Waals surface area contributed by atoms with Gasteiger partial charge in [0, 0.05) is 11.8 Å². The van der Waals surface area contributed by atoms with Crippen LogP contribution in [-0.4, -0.2) is 41.1 Å². The molecule has 0 bridgehead atoms. The summed E-state index contributed by atoms with van der Waals surface area (Å²) in [5.74, 6) is 1.34. The van der Waals surface area contributed by atoms with E-state index in [2.05, 4.69) is 37.2 Å². The van der Waals surface area contributed by atoms with Crippen LogP contribution in [-0.2, 0) is 4.79 Å². The predicted molar refractivity (Wildman–Crippen MR) is 70.6 cm³/mol. The Morgan fingerprint density at radius 3 is 2.50 bits per heavy atom. The third-order valence-corrected chi connectivity index (χ3v) is 4.02. The van der Waals surface area contributed by atoms with E-state index in [9.17, 15) is 4.79 Å². The zero-order valence-electron chi connectivity index (χ0n) is 10.8. The van der Waals surface area contributed by atoms with Crippen LogP contribution in [0.25, 0.3) is 0 Å². The van der Waals surface area contributed by atoms with Crippen molar-refractivity contribution < 1.29 is 4.79 Å². The van der Waals surface area contributed by atoms with Gasteiger partial charge in [0.15, 0.2) is 0 Å². The summed E-state index contributed by atoms with van der Waals surface area (Å²) in [6.07, 6.45) is 5.28. The maximum absolute atomic E-state index is 12.2. The first-order chi connectivity index (χ1) is 7.69. The maximum atomic E-state index is 12.2. The second-order valence-electron chi connectivity index (χ2n) is 4.31. The van der Waals surface area contributed by atoms with Crippen LogP contribution in [0.15, 0.2) is 0 Å². The van der Waals surface area contributed by atoms with E-state index in [4.69, 9.17) is 0 Å². The normalized spacial score (nSPS) is 27.5. The summed E-state index contributed by atoms with van der Waals surface area (Å²) >= 11 is 1.82. The number of hydrogen-bond acceptors (Lipinski definition) is 3. The summed E-state index contributed by atoms with van der Waals surface area (Å²) in [4.78, 5) is 14.3. The van der Waals surface area contributed by atoms with Crippen LogP contribution in [0.4, 0.5) is 0 Å². The Kier molecular flexibility index (Phi) is 5.62. The average Bonchev–Trinajstić information content (AvgIpc) is 2.62. The number of carbonyl (C=O) groups excluding carboxylic acids is 1. The van der Waals surface area contributed by atoms with Crippen molar-refractivity contribution in [2.75, 3.05) is 12.0 Å². The summed E-state index contributed by atoms with van der Waals surface area (Å²) in [5.41, 5.74) is 0. The summed E-state index contributed by atoms with van der Waals surface area (Å²) in [6, 6.07) is 0.428. The molecule has 0 aromatic carbocycles. The van der Waals surface area contributed by atoms with Crippen LogP contribution in [0.1, 0.15) is 40.0 Å². The molecule has 0 aliphatic carbocycles. The van der Waals surface area contributed by atoms with Gasteiger partial charge in [-0.3, -0.25) is 10.1 Å². The van der Waals surface area contributed by atoms with Crippen LogP contribution < -0.4 is 5.32 Å². The lowest BCUT2D eigenvalue weighted by molar-refractivity contribution is -0.132. The molecule has 3 nitrogen and oxygen atoms in total. The zero-order chi connectivity index (χ0) is 12.1. The largest absolute Gasteiger partial charge is 0.322 e. The summed E-state index contributed by atoms with van der Waals surface area (Å²) in [6.45, 7) is 6.38. The summed E-state index contributed by atoms with van der Waals surface area (Å²) in [5, 5.41) is 3.43. The van der Waals surface area contributed by atoms with E-state index in [1.165, 1.54) is 0 Å². The van der Waals surface area contributed by atoms with E-state index in [1.54, 1.807) is 0 Å². The topological polar surface area (TPSA) is 32.3 Å². The van der Waals surface area contributed by atoms with E-state index >= 15 is 0 Å². The van der Waals surface area contributed by atoms with Gasteiger partial charge in [-0.15, -0.1) is 0 Å². The second kappa shape index (κ2) is 6.50. The fourth-order valence-electron chi connectivity index (χ4n) is 2.35. The van der Waals surface area contributed by atoms with Gasteiger partial charge in [0.05, 0.1) is 12.2 Å². The van der Waals surface area contributed by atoms with Gasteiger partial charge in [0.1, 0.15) is 0 Å². The van der Waals surface area contributed by atoms with Crippen LogP contribution in [0.3, 0.4) is 0 Å². The molecule has 1 fully saturated rings. The standard InChI is InChI=1S/C12H24N2OS/c1-5-9(8-16-4)14-11(7-3)13-10(6-2)12(14)15/h9-11,13H,5-8H2,1-4H3. The van der Waals surface area contributed by atoms with E-state index in [0.717, 1.165) is 25.0 Å². The molecule has 1 rings (SSSR count).